The van der Waals surface area contributed by atoms with Crippen molar-refractivity contribution in [2.45, 2.75) is 81.8 Å². The zero-order valence-corrected chi connectivity index (χ0v) is 46.8. The Morgan fingerprint density at radius 1 is 0.361 bits per heavy atom. The fourth-order valence-electron chi connectivity index (χ4n) is 10.1. The highest BCUT2D eigenvalue weighted by Crippen LogP contribution is 2.34. The Kier molecular flexibility index (Phi) is 21.0. The zero-order chi connectivity index (χ0) is 57.4. The molecule has 0 saturated heterocycles. The Labute approximate surface area is 487 Å². The fraction of sp³-hybridized carbons (Fsp3) is 0.250. The van der Waals surface area contributed by atoms with Gasteiger partial charge in [0.25, 0.3) is 17.7 Å². The average molecular weight is 1140 g/mol. The number of benzene rings is 6. The maximum absolute atomic E-state index is 14.0. The van der Waals surface area contributed by atoms with E-state index in [4.69, 9.17) is 17.2 Å². The van der Waals surface area contributed by atoms with Gasteiger partial charge in [-0.05, 0) is 167 Å². The first-order valence-corrected chi connectivity index (χ1v) is 28.0. The third-order valence-electron chi connectivity index (χ3n) is 14.6. The summed E-state index contributed by atoms with van der Waals surface area (Å²) in [5, 5.41) is 20.5. The van der Waals surface area contributed by atoms with E-state index in [9.17, 15) is 28.8 Å². The summed E-state index contributed by atoms with van der Waals surface area (Å²) in [7, 11) is 0. The van der Waals surface area contributed by atoms with E-state index in [0.717, 1.165) is 49.4 Å². The minimum atomic E-state index is -0.843. The Bertz CT molecular complexity index is 3170. The van der Waals surface area contributed by atoms with Crippen molar-refractivity contribution in [1.29, 1.82) is 0 Å². The highest BCUT2D eigenvalue weighted by Gasteiger charge is 2.27. The Hall–Kier alpha value is -9.07. The van der Waals surface area contributed by atoms with Gasteiger partial charge in [0.2, 0.25) is 17.7 Å². The number of fused-ring (bicyclic) bond motifs is 3. The second-order valence-corrected chi connectivity index (χ2v) is 20.5. The van der Waals surface area contributed by atoms with Crippen LogP contribution in [0.15, 0.2) is 164 Å². The number of anilines is 3. The summed E-state index contributed by atoms with van der Waals surface area (Å²) < 4.78 is 0. The molecule has 6 amide bonds. The van der Waals surface area contributed by atoms with Crippen LogP contribution in [0, 0.1) is 0 Å². The molecule has 15 N–H and O–H groups in total. The molecule has 0 fully saturated rings. The molecule has 0 bridgehead atoms. The summed E-state index contributed by atoms with van der Waals surface area (Å²) in [6.45, 7) is 1.36. The lowest BCUT2D eigenvalue weighted by atomic mass is 9.85. The number of aromatic nitrogens is 3. The van der Waals surface area contributed by atoms with Gasteiger partial charge in [0, 0.05) is 55.7 Å². The molecule has 0 aliphatic rings. The monoisotopic (exact) mass is 1140 g/mol. The molecule has 19 heteroatoms. The Morgan fingerprint density at radius 3 is 0.880 bits per heavy atom. The predicted octanol–water partition coefficient (Wildman–Crippen LogP) is 9.33. The van der Waals surface area contributed by atoms with Gasteiger partial charge in [-0.15, -0.1) is 12.4 Å². The molecule has 3 atom stereocenters. The van der Waals surface area contributed by atoms with Crippen LogP contribution < -0.4 is 49.1 Å². The molecule has 0 aliphatic heterocycles. The van der Waals surface area contributed by atoms with Crippen LogP contribution >= 0.6 is 12.4 Å². The number of carbonyl (C=O) groups excluding carboxylic acids is 6. The summed E-state index contributed by atoms with van der Waals surface area (Å²) in [5.74, 6) is -2.71. The van der Waals surface area contributed by atoms with Gasteiger partial charge in [-0.25, -0.2) is 0 Å². The molecule has 3 aromatic heterocycles. The molecular weight excluding hydrogens is 1070 g/mol. The second kappa shape index (κ2) is 29.1. The Balaban J connectivity index is 0.00000900. The van der Waals surface area contributed by atoms with E-state index < -0.39 is 41.8 Å². The molecule has 0 radical (unpaired) electrons. The molecule has 0 aliphatic carbocycles. The average Bonchev–Trinajstić information content (AvgIpc) is 4.42. The van der Waals surface area contributed by atoms with E-state index in [1.807, 2.05) is 146 Å². The maximum Gasteiger partial charge on any atom is 0.268 e. The number of amides is 6. The standard InChI is InChI=1S/C64H70N12O6.ClH/c65-34-10-7-19-52(74-62(80)55-37-43-13-1-4-16-49(43)71-55)59(77)68-46-28-22-40(23-29-46)58(41-24-30-47(31-25-41)69-60(78)53(20-8-11-35-66)75-63(81)56-38-44-14-2-5-17-50(44)72-56)42-26-32-48(33-27-42)70-61(79)54(21-9-12-36-67)76-64(82)57-39-45-15-3-6-18-51(45)73-57;/h1-6,13-18,22-33,37-39,52-54,58,71-73H,7-12,19-21,34-36,65-67H2,(H,68,77)(H,69,78)(H,70,79)(H,74,80)(H,75,81)(H,76,82);1H/t52-,53-,54-;/m1./s1. The number of nitrogens with two attached hydrogens (primary N) is 3. The molecule has 0 spiro atoms. The van der Waals surface area contributed by atoms with Crippen LogP contribution in [0.1, 0.15) is 112 Å². The molecule has 83 heavy (non-hydrogen) atoms. The van der Waals surface area contributed by atoms with E-state index in [-0.39, 0.29) is 30.1 Å². The van der Waals surface area contributed by atoms with E-state index in [0.29, 0.717) is 112 Å². The Morgan fingerprint density at radius 2 is 0.627 bits per heavy atom. The van der Waals surface area contributed by atoms with Gasteiger partial charge >= 0.3 is 0 Å². The quantitative estimate of drug-likeness (QED) is 0.0172. The molecule has 9 rings (SSSR count). The van der Waals surface area contributed by atoms with Crippen molar-refractivity contribution >= 4 is 97.6 Å². The van der Waals surface area contributed by atoms with Crippen LogP contribution in [0.5, 0.6) is 0 Å². The van der Waals surface area contributed by atoms with Crippen molar-refractivity contribution in [3.05, 3.63) is 198 Å². The molecule has 3 heterocycles. The van der Waals surface area contributed by atoms with E-state index >= 15 is 0 Å². The first kappa shape index (κ1) is 60.0. The summed E-state index contributed by atoms with van der Waals surface area (Å²) in [6, 6.07) is 47.8. The molecule has 9 aromatic rings. The lowest BCUT2D eigenvalue weighted by Crippen LogP contribution is -2.44. The largest absolute Gasteiger partial charge is 0.351 e. The van der Waals surface area contributed by atoms with Crippen LogP contribution in [0.2, 0.25) is 0 Å². The van der Waals surface area contributed by atoms with Gasteiger partial charge in [-0.2, -0.15) is 0 Å². The van der Waals surface area contributed by atoms with Crippen LogP contribution in [0.3, 0.4) is 0 Å². The molecule has 6 aromatic carbocycles. The lowest BCUT2D eigenvalue weighted by Gasteiger charge is -2.22. The number of aromatic amines is 3. The van der Waals surface area contributed by atoms with Gasteiger partial charge in [0.1, 0.15) is 35.2 Å². The molecule has 0 saturated carbocycles. The second-order valence-electron chi connectivity index (χ2n) is 20.5. The number of halogens is 1. The van der Waals surface area contributed by atoms with Crippen molar-refractivity contribution in [2.24, 2.45) is 17.2 Å². The van der Waals surface area contributed by atoms with Crippen molar-refractivity contribution < 1.29 is 28.8 Å². The van der Waals surface area contributed by atoms with Crippen molar-refractivity contribution in [3.8, 4) is 0 Å². The highest BCUT2D eigenvalue weighted by atomic mass is 35.5. The highest BCUT2D eigenvalue weighted by molar-refractivity contribution is 6.05. The summed E-state index contributed by atoms with van der Waals surface area (Å²) in [6.07, 6.45) is 5.08. The summed E-state index contributed by atoms with van der Waals surface area (Å²) >= 11 is 0. The third-order valence-corrected chi connectivity index (χ3v) is 14.6. The number of H-pyrrole nitrogens is 3. The molecule has 430 valence electrons. The lowest BCUT2D eigenvalue weighted by molar-refractivity contribution is -0.118. The number of unbranched alkanes of at least 4 members (excludes halogenated alkanes) is 3. The predicted molar refractivity (Wildman–Crippen MR) is 331 cm³/mol. The van der Waals surface area contributed by atoms with E-state index in [1.165, 1.54) is 0 Å². The first-order valence-electron chi connectivity index (χ1n) is 28.0. The number of nitrogens with one attached hydrogen (secondary N) is 9. The number of rotatable bonds is 27. The van der Waals surface area contributed by atoms with Gasteiger partial charge in [-0.1, -0.05) is 91.0 Å². The van der Waals surface area contributed by atoms with E-state index in [2.05, 4.69) is 46.9 Å². The maximum atomic E-state index is 14.0. The third kappa shape index (κ3) is 15.7. The van der Waals surface area contributed by atoms with Gasteiger partial charge in [-0.3, -0.25) is 28.8 Å². The number of hydrogen-bond donors (Lipinski definition) is 12. The van der Waals surface area contributed by atoms with Crippen LogP contribution in [-0.4, -0.2) is 88.2 Å². The number of carbonyl (C=O) groups is 6. The molecular formula is C64H71ClN12O6. The molecule has 18 nitrogen and oxygen atoms in total. The van der Waals surface area contributed by atoms with E-state index in [1.54, 1.807) is 18.2 Å². The van der Waals surface area contributed by atoms with Crippen LogP contribution in [0.4, 0.5) is 17.1 Å². The SMILES string of the molecule is Cl.NCCCC[C@@H](NC(=O)c1cc2ccccc2[nH]1)C(=O)Nc1ccc(C(c2ccc(NC(=O)[C@@H](CCCCN)NC(=O)c3cc4ccccc4[nH]3)cc2)c2ccc(NC(=O)[C@@H](CCCCN)NC(=O)c3cc4ccccc4[nH]3)cc2)cc1. The van der Waals surface area contributed by atoms with Crippen molar-refractivity contribution in [2.75, 3.05) is 35.6 Å². The summed E-state index contributed by atoms with van der Waals surface area (Å²) in [5.41, 5.74) is 25.0. The molecule has 0 unspecified atom stereocenters. The van der Waals surface area contributed by atoms with Crippen molar-refractivity contribution in [1.82, 2.24) is 30.9 Å². The number of hydrogen-bond acceptors (Lipinski definition) is 9. The van der Waals surface area contributed by atoms with Crippen molar-refractivity contribution in [3.63, 3.8) is 0 Å². The minimum Gasteiger partial charge on any atom is -0.351 e. The fourth-order valence-corrected chi connectivity index (χ4v) is 10.1. The number of para-hydroxylation sites is 3. The zero-order valence-electron chi connectivity index (χ0n) is 46.0. The normalized spacial score (nSPS) is 12.3. The summed E-state index contributed by atoms with van der Waals surface area (Å²) in [4.78, 5) is 91.8. The smallest absolute Gasteiger partial charge is 0.268 e. The topological polar surface area (TPSA) is 300 Å². The van der Waals surface area contributed by atoms with Gasteiger partial charge in [0.15, 0.2) is 0 Å². The minimum absolute atomic E-state index is 0. The first-order chi connectivity index (χ1) is 40.0. The van der Waals surface area contributed by atoms with Crippen LogP contribution in [-0.2, 0) is 14.4 Å². The van der Waals surface area contributed by atoms with Crippen LogP contribution in [0.25, 0.3) is 32.7 Å². The van der Waals surface area contributed by atoms with Gasteiger partial charge in [0.05, 0.1) is 0 Å². The van der Waals surface area contributed by atoms with Gasteiger partial charge < -0.3 is 64.1 Å².